The molecule has 0 aromatic heterocycles. The van der Waals surface area contributed by atoms with Gasteiger partial charge in [-0.3, -0.25) is 0 Å². The third-order valence-corrected chi connectivity index (χ3v) is 8.32. The molecule has 1 aliphatic carbocycles. The summed E-state index contributed by atoms with van der Waals surface area (Å²) >= 11 is 0. The number of ether oxygens (including phenoxy) is 1. The number of benzene rings is 3. The maximum Gasteiger partial charge on any atom is 0.495 e. The van der Waals surface area contributed by atoms with Gasteiger partial charge in [0.2, 0.25) is 0 Å². The summed E-state index contributed by atoms with van der Waals surface area (Å²) in [4.78, 5) is 0. The standard InChI is InChI=1S/C30H35BO3/c1-18-14-23-24-15-19(2)27(31-33-29(5,6)30(7,8)34-31)17-26(24)28(3,4)25(23)16-22(18)20-10-12-21(32-9)13-11-20/h10-17H,1-9H3. The van der Waals surface area contributed by atoms with Gasteiger partial charge in [0.25, 0.3) is 0 Å². The maximum absolute atomic E-state index is 6.42. The van der Waals surface area contributed by atoms with Crippen molar-refractivity contribution in [1.82, 2.24) is 0 Å². The molecule has 0 bridgehead atoms. The summed E-state index contributed by atoms with van der Waals surface area (Å²) in [6.07, 6.45) is 0. The van der Waals surface area contributed by atoms with Crippen LogP contribution in [0.25, 0.3) is 22.3 Å². The molecule has 2 aliphatic rings. The highest BCUT2D eigenvalue weighted by Crippen LogP contribution is 2.50. The van der Waals surface area contributed by atoms with Gasteiger partial charge in [0.15, 0.2) is 0 Å². The molecule has 34 heavy (non-hydrogen) atoms. The molecule has 3 aromatic carbocycles. The lowest BCUT2D eigenvalue weighted by Gasteiger charge is -2.32. The fourth-order valence-corrected chi connectivity index (χ4v) is 5.36. The SMILES string of the molecule is COc1ccc(-c2cc3c(cc2C)-c2cc(C)c(B4OC(C)(C)C(C)(C)O4)cc2C3(C)C)cc1. The second-order valence-corrected chi connectivity index (χ2v) is 11.4. The van der Waals surface area contributed by atoms with E-state index in [1.165, 1.54) is 44.5 Å². The number of methoxy groups -OCH3 is 1. The number of hydrogen-bond donors (Lipinski definition) is 0. The van der Waals surface area contributed by atoms with Crippen molar-refractivity contribution in [2.45, 2.75) is 72.0 Å². The molecule has 0 amide bonds. The minimum Gasteiger partial charge on any atom is -0.497 e. The average Bonchev–Trinajstić information content (AvgIpc) is 3.11. The van der Waals surface area contributed by atoms with Crippen LogP contribution < -0.4 is 10.2 Å². The van der Waals surface area contributed by atoms with E-state index in [1.54, 1.807) is 7.11 Å². The lowest BCUT2D eigenvalue weighted by molar-refractivity contribution is 0.00578. The molecule has 3 aromatic rings. The molecule has 0 saturated carbocycles. The van der Waals surface area contributed by atoms with Crippen LogP contribution in [0.15, 0.2) is 48.5 Å². The maximum atomic E-state index is 6.42. The Morgan fingerprint density at radius 2 is 1.21 bits per heavy atom. The molecule has 1 saturated heterocycles. The number of hydrogen-bond acceptors (Lipinski definition) is 3. The zero-order valence-corrected chi connectivity index (χ0v) is 21.9. The summed E-state index contributed by atoms with van der Waals surface area (Å²) in [5.41, 5.74) is 10.6. The first kappa shape index (κ1) is 23.2. The third kappa shape index (κ3) is 3.34. The minimum absolute atomic E-state index is 0.119. The smallest absolute Gasteiger partial charge is 0.495 e. The number of aryl methyl sites for hydroxylation is 2. The topological polar surface area (TPSA) is 27.7 Å². The van der Waals surface area contributed by atoms with Crippen LogP contribution in [-0.4, -0.2) is 25.4 Å². The molecule has 3 nitrogen and oxygen atoms in total. The quantitative estimate of drug-likeness (QED) is 0.418. The fourth-order valence-electron chi connectivity index (χ4n) is 5.36. The second kappa shape index (κ2) is 7.47. The monoisotopic (exact) mass is 454 g/mol. The first-order chi connectivity index (χ1) is 15.9. The first-order valence-electron chi connectivity index (χ1n) is 12.2. The summed E-state index contributed by atoms with van der Waals surface area (Å²) in [6.45, 7) is 17.5. The minimum atomic E-state index is -0.355. The Hall–Kier alpha value is -2.56. The Morgan fingerprint density at radius 1 is 0.676 bits per heavy atom. The van der Waals surface area contributed by atoms with Gasteiger partial charge in [0, 0.05) is 5.41 Å². The van der Waals surface area contributed by atoms with Crippen LogP contribution >= 0.6 is 0 Å². The molecule has 4 heteroatoms. The van der Waals surface area contributed by atoms with E-state index in [2.05, 4.69) is 91.8 Å². The first-order valence-corrected chi connectivity index (χ1v) is 12.2. The van der Waals surface area contributed by atoms with Crippen molar-refractivity contribution in [3.63, 3.8) is 0 Å². The van der Waals surface area contributed by atoms with E-state index in [0.29, 0.717) is 0 Å². The molecule has 5 rings (SSSR count). The van der Waals surface area contributed by atoms with Crippen molar-refractivity contribution in [1.29, 1.82) is 0 Å². The largest absolute Gasteiger partial charge is 0.497 e. The Balaban J connectivity index is 1.60. The van der Waals surface area contributed by atoms with E-state index in [-0.39, 0.29) is 23.7 Å². The van der Waals surface area contributed by atoms with Gasteiger partial charge >= 0.3 is 7.12 Å². The van der Waals surface area contributed by atoms with Crippen molar-refractivity contribution in [2.24, 2.45) is 0 Å². The fraction of sp³-hybridized carbons (Fsp3) is 0.400. The van der Waals surface area contributed by atoms with Gasteiger partial charge in [-0.25, -0.2) is 0 Å². The van der Waals surface area contributed by atoms with Gasteiger partial charge in [-0.2, -0.15) is 0 Å². The summed E-state index contributed by atoms with van der Waals surface area (Å²) in [5, 5.41) is 0. The predicted molar refractivity (Wildman–Crippen MR) is 141 cm³/mol. The van der Waals surface area contributed by atoms with Crippen LogP contribution in [0.2, 0.25) is 0 Å². The van der Waals surface area contributed by atoms with E-state index >= 15 is 0 Å². The number of fused-ring (bicyclic) bond motifs is 3. The van der Waals surface area contributed by atoms with Gasteiger partial charge < -0.3 is 14.0 Å². The Morgan fingerprint density at radius 3 is 1.76 bits per heavy atom. The van der Waals surface area contributed by atoms with Crippen molar-refractivity contribution in [2.75, 3.05) is 7.11 Å². The summed E-state index contributed by atoms with van der Waals surface area (Å²) in [7, 11) is 1.35. The van der Waals surface area contributed by atoms with Crippen molar-refractivity contribution in [3.05, 3.63) is 70.8 Å². The zero-order valence-electron chi connectivity index (χ0n) is 21.9. The Bertz CT molecular complexity index is 1270. The molecule has 0 unspecified atom stereocenters. The molecular formula is C30H35BO3. The zero-order chi connectivity index (χ0) is 24.6. The predicted octanol–water partition coefficient (Wildman–Crippen LogP) is 6.58. The Kier molecular flexibility index (Phi) is 5.10. The number of rotatable bonds is 3. The van der Waals surface area contributed by atoms with Crippen molar-refractivity contribution in [3.8, 4) is 28.0 Å². The highest BCUT2D eigenvalue weighted by molar-refractivity contribution is 6.62. The molecule has 0 spiro atoms. The molecule has 176 valence electrons. The molecular weight excluding hydrogens is 419 g/mol. The summed E-state index contributed by atoms with van der Waals surface area (Å²) < 4.78 is 18.2. The van der Waals surface area contributed by atoms with Crippen molar-refractivity contribution >= 4 is 12.6 Å². The summed E-state index contributed by atoms with van der Waals surface area (Å²) in [6, 6.07) is 17.7. The van der Waals surface area contributed by atoms with E-state index in [9.17, 15) is 0 Å². The normalized spacial score (nSPS) is 19.1. The molecule has 0 radical (unpaired) electrons. The van der Waals surface area contributed by atoms with Crippen LogP contribution in [0.1, 0.15) is 63.8 Å². The highest BCUT2D eigenvalue weighted by atomic mass is 16.7. The molecule has 1 fully saturated rings. The van der Waals surface area contributed by atoms with Gasteiger partial charge in [-0.1, -0.05) is 49.7 Å². The van der Waals surface area contributed by atoms with Crippen LogP contribution in [-0.2, 0) is 14.7 Å². The molecule has 0 N–H and O–H groups in total. The highest BCUT2D eigenvalue weighted by Gasteiger charge is 2.52. The summed E-state index contributed by atoms with van der Waals surface area (Å²) in [5.74, 6) is 0.876. The Labute approximate surface area is 204 Å². The van der Waals surface area contributed by atoms with E-state index in [4.69, 9.17) is 14.0 Å². The van der Waals surface area contributed by atoms with Crippen LogP contribution in [0.3, 0.4) is 0 Å². The molecule has 1 heterocycles. The van der Waals surface area contributed by atoms with E-state index in [1.807, 2.05) is 12.1 Å². The van der Waals surface area contributed by atoms with Gasteiger partial charge in [0.1, 0.15) is 5.75 Å². The van der Waals surface area contributed by atoms with Crippen LogP contribution in [0, 0.1) is 13.8 Å². The van der Waals surface area contributed by atoms with Gasteiger partial charge in [-0.15, -0.1) is 0 Å². The molecule has 1 aliphatic heterocycles. The van der Waals surface area contributed by atoms with Crippen LogP contribution in [0.4, 0.5) is 0 Å². The van der Waals surface area contributed by atoms with Crippen LogP contribution in [0.5, 0.6) is 5.75 Å². The average molecular weight is 454 g/mol. The van der Waals surface area contributed by atoms with E-state index < -0.39 is 0 Å². The second-order valence-electron chi connectivity index (χ2n) is 11.4. The van der Waals surface area contributed by atoms with E-state index in [0.717, 1.165) is 11.2 Å². The van der Waals surface area contributed by atoms with Gasteiger partial charge in [-0.05, 0) is 104 Å². The third-order valence-electron chi connectivity index (χ3n) is 8.32. The van der Waals surface area contributed by atoms with Gasteiger partial charge in [0.05, 0.1) is 18.3 Å². The molecule has 0 atom stereocenters. The lowest BCUT2D eigenvalue weighted by Crippen LogP contribution is -2.41. The lowest BCUT2D eigenvalue weighted by atomic mass is 9.72. The van der Waals surface area contributed by atoms with Crippen molar-refractivity contribution < 1.29 is 14.0 Å².